The first-order valence-electron chi connectivity index (χ1n) is 9.17. The van der Waals surface area contributed by atoms with E-state index in [1.54, 1.807) is 13.8 Å². The number of nitrogens with zero attached hydrogens (tertiary/aromatic N) is 2. The van der Waals surface area contributed by atoms with Gasteiger partial charge in [-0.15, -0.1) is 0 Å². The predicted octanol–water partition coefficient (Wildman–Crippen LogP) is 0.799. The molecule has 1 aromatic rings. The van der Waals surface area contributed by atoms with E-state index in [1.165, 1.54) is 10.6 Å². The maximum Gasteiger partial charge on any atom is 0.256 e. The average Bonchev–Trinajstić information content (AvgIpc) is 2.91. The summed E-state index contributed by atoms with van der Waals surface area (Å²) in [6, 6.07) is 1.53. The number of aromatic nitrogens is 1. The molecule has 1 aliphatic rings. The second kappa shape index (κ2) is 8.03. The van der Waals surface area contributed by atoms with Crippen LogP contribution >= 0.6 is 0 Å². The van der Waals surface area contributed by atoms with Crippen LogP contribution in [0.2, 0.25) is 0 Å². The molecule has 3 N–H and O–H groups in total. The van der Waals surface area contributed by atoms with Gasteiger partial charge in [-0.05, 0) is 59.1 Å². The van der Waals surface area contributed by atoms with E-state index in [2.05, 4.69) is 5.32 Å². The van der Waals surface area contributed by atoms with Gasteiger partial charge in [-0.2, -0.15) is 0 Å². The third-order valence-electron chi connectivity index (χ3n) is 4.99. The molecule has 0 aromatic carbocycles. The largest absolute Gasteiger partial charge is 0.352 e. The van der Waals surface area contributed by atoms with E-state index >= 15 is 0 Å². The zero-order chi connectivity index (χ0) is 19.6. The van der Waals surface area contributed by atoms with E-state index in [4.69, 9.17) is 5.73 Å². The van der Waals surface area contributed by atoms with Crippen LogP contribution in [0.3, 0.4) is 0 Å². The molecule has 2 rings (SSSR count). The molecule has 144 valence electrons. The molecule has 7 nitrogen and oxygen atoms in total. The summed E-state index contributed by atoms with van der Waals surface area (Å²) in [6.07, 6.45) is 0.886. The van der Waals surface area contributed by atoms with Gasteiger partial charge in [0.1, 0.15) is 6.54 Å². The zero-order valence-electron chi connectivity index (χ0n) is 16.3. The van der Waals surface area contributed by atoms with Crippen molar-refractivity contribution < 1.29 is 9.59 Å². The molecule has 0 saturated carbocycles. The highest BCUT2D eigenvalue weighted by Gasteiger charge is 2.33. The van der Waals surface area contributed by atoms with E-state index in [9.17, 15) is 14.4 Å². The number of rotatable bonds is 5. The number of nitrogens with one attached hydrogen (secondary N) is 1. The quantitative estimate of drug-likeness (QED) is 0.809. The molecule has 2 atom stereocenters. The first kappa shape index (κ1) is 20.2. The summed E-state index contributed by atoms with van der Waals surface area (Å²) in [4.78, 5) is 39.5. The zero-order valence-corrected chi connectivity index (χ0v) is 16.3. The Morgan fingerprint density at radius 2 is 2.00 bits per heavy atom. The van der Waals surface area contributed by atoms with Crippen LogP contribution in [0.25, 0.3) is 0 Å². The Hall–Kier alpha value is -2.15. The van der Waals surface area contributed by atoms with E-state index in [-0.39, 0.29) is 36.0 Å². The van der Waals surface area contributed by atoms with E-state index in [1.807, 2.05) is 25.7 Å². The number of nitrogens with two attached hydrogens (primary N) is 1. The van der Waals surface area contributed by atoms with Crippen molar-refractivity contribution in [2.24, 2.45) is 11.7 Å². The molecule has 1 aliphatic heterocycles. The molecular weight excluding hydrogens is 332 g/mol. The number of aryl methyl sites for hydroxylation is 1. The van der Waals surface area contributed by atoms with Crippen molar-refractivity contribution in [2.75, 3.05) is 13.1 Å². The molecule has 0 radical (unpaired) electrons. The molecule has 0 bridgehead atoms. The Morgan fingerprint density at radius 1 is 1.35 bits per heavy atom. The average molecular weight is 362 g/mol. The number of hydrogen-bond acceptors (Lipinski definition) is 4. The van der Waals surface area contributed by atoms with Gasteiger partial charge in [0.25, 0.3) is 11.5 Å². The molecule has 0 spiro atoms. The highest BCUT2D eigenvalue weighted by Crippen LogP contribution is 2.25. The summed E-state index contributed by atoms with van der Waals surface area (Å²) in [5.74, 6) is -0.0380. The summed E-state index contributed by atoms with van der Waals surface area (Å²) < 4.78 is 1.37. The Kier molecular flexibility index (Phi) is 6.23. The Labute approximate surface area is 154 Å². The normalized spacial score (nSPS) is 19.9. The van der Waals surface area contributed by atoms with Crippen LogP contribution in [0.15, 0.2) is 10.9 Å². The lowest BCUT2D eigenvalue weighted by molar-refractivity contribution is -0.122. The monoisotopic (exact) mass is 362 g/mol. The second-order valence-electron chi connectivity index (χ2n) is 7.58. The topological polar surface area (TPSA) is 97.4 Å². The first-order valence-corrected chi connectivity index (χ1v) is 9.17. The Morgan fingerprint density at radius 3 is 2.54 bits per heavy atom. The third-order valence-corrected chi connectivity index (χ3v) is 4.99. The Bertz CT molecular complexity index is 754. The van der Waals surface area contributed by atoms with Crippen molar-refractivity contribution in [1.82, 2.24) is 14.8 Å². The molecule has 1 aromatic heterocycles. The van der Waals surface area contributed by atoms with Gasteiger partial charge in [-0.3, -0.25) is 14.4 Å². The fourth-order valence-corrected chi connectivity index (χ4v) is 3.69. The molecule has 7 heteroatoms. The minimum Gasteiger partial charge on any atom is -0.352 e. The lowest BCUT2D eigenvalue weighted by Gasteiger charge is -2.24. The Balaban J connectivity index is 2.37. The van der Waals surface area contributed by atoms with Gasteiger partial charge in [0.15, 0.2) is 0 Å². The molecule has 26 heavy (non-hydrogen) atoms. The van der Waals surface area contributed by atoms with Crippen LogP contribution in [-0.4, -0.2) is 46.5 Å². The van der Waals surface area contributed by atoms with Crippen molar-refractivity contribution in [2.45, 2.75) is 59.7 Å². The molecule has 1 fully saturated rings. The summed E-state index contributed by atoms with van der Waals surface area (Å²) >= 11 is 0. The standard InChI is InChI=1S/C19H30N4O3/c1-11(2)21-16(24)10-23-14(5)18(12(3)6-17(23)25)19(26)22-9-15(8-20)7-13(22)4/h6,11,13,15H,7-10,20H2,1-5H3,(H,21,24). The number of carbonyl (C=O) groups excluding carboxylic acids is 2. The minimum absolute atomic E-state index is 0.0105. The SMILES string of the molecule is Cc1cc(=O)n(CC(=O)NC(C)C)c(C)c1C(=O)N1CC(CN)CC1C. The van der Waals surface area contributed by atoms with Crippen LogP contribution in [-0.2, 0) is 11.3 Å². The molecule has 2 amide bonds. The molecular formula is C19H30N4O3. The number of amides is 2. The molecule has 1 saturated heterocycles. The molecule has 0 aliphatic carbocycles. The number of likely N-dealkylation sites (tertiary alicyclic amines) is 1. The predicted molar refractivity (Wildman–Crippen MR) is 101 cm³/mol. The van der Waals surface area contributed by atoms with E-state index in [0.717, 1.165) is 6.42 Å². The van der Waals surface area contributed by atoms with Gasteiger partial charge in [0, 0.05) is 30.4 Å². The van der Waals surface area contributed by atoms with Gasteiger partial charge in [-0.1, -0.05) is 0 Å². The molecule has 2 heterocycles. The van der Waals surface area contributed by atoms with Gasteiger partial charge in [0.05, 0.1) is 5.56 Å². The lowest BCUT2D eigenvalue weighted by Crippen LogP contribution is -2.39. The summed E-state index contributed by atoms with van der Waals surface area (Å²) in [7, 11) is 0. The lowest BCUT2D eigenvalue weighted by atomic mass is 10.1. The van der Waals surface area contributed by atoms with Gasteiger partial charge >= 0.3 is 0 Å². The van der Waals surface area contributed by atoms with Crippen LogP contribution in [0, 0.1) is 19.8 Å². The maximum absolute atomic E-state index is 13.2. The fourth-order valence-electron chi connectivity index (χ4n) is 3.69. The summed E-state index contributed by atoms with van der Waals surface area (Å²) in [5.41, 5.74) is 7.17. The van der Waals surface area contributed by atoms with Crippen LogP contribution in [0.4, 0.5) is 0 Å². The van der Waals surface area contributed by atoms with Gasteiger partial charge < -0.3 is 20.5 Å². The molecule has 2 unspecified atom stereocenters. The number of pyridine rings is 1. The van der Waals surface area contributed by atoms with Crippen molar-refractivity contribution in [1.29, 1.82) is 0 Å². The smallest absolute Gasteiger partial charge is 0.256 e. The second-order valence-corrected chi connectivity index (χ2v) is 7.58. The number of carbonyl (C=O) groups is 2. The van der Waals surface area contributed by atoms with Crippen molar-refractivity contribution in [3.05, 3.63) is 33.2 Å². The summed E-state index contributed by atoms with van der Waals surface area (Å²) in [5, 5.41) is 2.78. The van der Waals surface area contributed by atoms with Crippen molar-refractivity contribution in [3.63, 3.8) is 0 Å². The van der Waals surface area contributed by atoms with E-state index < -0.39 is 0 Å². The maximum atomic E-state index is 13.2. The third kappa shape index (κ3) is 4.15. The number of hydrogen-bond donors (Lipinski definition) is 2. The minimum atomic E-state index is -0.273. The van der Waals surface area contributed by atoms with Crippen LogP contribution in [0.1, 0.15) is 48.8 Å². The van der Waals surface area contributed by atoms with Crippen molar-refractivity contribution in [3.8, 4) is 0 Å². The van der Waals surface area contributed by atoms with Crippen LogP contribution in [0.5, 0.6) is 0 Å². The van der Waals surface area contributed by atoms with E-state index in [0.29, 0.717) is 35.8 Å². The van der Waals surface area contributed by atoms with Gasteiger partial charge in [0.2, 0.25) is 5.91 Å². The van der Waals surface area contributed by atoms with Gasteiger partial charge in [-0.25, -0.2) is 0 Å². The first-order chi connectivity index (χ1) is 12.1. The highest BCUT2D eigenvalue weighted by molar-refractivity contribution is 5.97. The van der Waals surface area contributed by atoms with Crippen LogP contribution < -0.4 is 16.6 Å². The van der Waals surface area contributed by atoms with Crippen molar-refractivity contribution >= 4 is 11.8 Å². The summed E-state index contributed by atoms with van der Waals surface area (Å²) in [6.45, 7) is 10.3. The fraction of sp³-hybridized carbons (Fsp3) is 0.632. The highest BCUT2D eigenvalue weighted by atomic mass is 16.2.